The van der Waals surface area contributed by atoms with Crippen molar-refractivity contribution in [3.8, 4) is 5.75 Å². The maximum absolute atomic E-state index is 10.9. The Morgan fingerprint density at radius 2 is 1.84 bits per heavy atom. The van der Waals surface area contributed by atoms with Crippen LogP contribution >= 0.6 is 0 Å². The Bertz CT molecular complexity index is 406. The van der Waals surface area contributed by atoms with E-state index < -0.39 is 5.97 Å². The summed E-state index contributed by atoms with van der Waals surface area (Å²) in [5.41, 5.74) is 0.899. The van der Waals surface area contributed by atoms with Crippen LogP contribution in [0.25, 0.3) is 0 Å². The van der Waals surface area contributed by atoms with Gasteiger partial charge < -0.3 is 9.84 Å². The average molecular weight is 265 g/mol. The van der Waals surface area contributed by atoms with Gasteiger partial charge in [0.05, 0.1) is 13.2 Å². The molecule has 0 aliphatic rings. The molecule has 0 heterocycles. The third-order valence-corrected chi connectivity index (χ3v) is 2.88. The van der Waals surface area contributed by atoms with Crippen LogP contribution in [-0.4, -0.2) is 34.7 Å². The van der Waals surface area contributed by atoms with E-state index in [4.69, 9.17) is 9.84 Å². The molecule has 4 nitrogen and oxygen atoms in total. The number of aliphatic carboxylic acids is 1. The molecule has 0 bridgehead atoms. The van der Waals surface area contributed by atoms with Crippen LogP contribution in [0.15, 0.2) is 24.3 Å². The van der Waals surface area contributed by atoms with E-state index in [1.807, 2.05) is 56.9 Å². The standard InChI is InChI=1S/C15H23NO3/c1-5-19-13-8-6-12(7-9-13)10-16(11-14(17)18)15(2,3)4/h6-9H,5,10-11H2,1-4H3,(H,17,18). The molecule has 1 rings (SSSR count). The summed E-state index contributed by atoms with van der Waals surface area (Å²) < 4.78 is 5.39. The highest BCUT2D eigenvalue weighted by Gasteiger charge is 2.23. The van der Waals surface area contributed by atoms with Gasteiger partial charge in [-0.3, -0.25) is 9.69 Å². The second-order valence-corrected chi connectivity index (χ2v) is 5.50. The highest BCUT2D eigenvalue weighted by atomic mass is 16.5. The summed E-state index contributed by atoms with van der Waals surface area (Å²) >= 11 is 0. The molecule has 0 aliphatic heterocycles. The van der Waals surface area contributed by atoms with Gasteiger partial charge in [-0.25, -0.2) is 0 Å². The van der Waals surface area contributed by atoms with Gasteiger partial charge in [0.25, 0.3) is 0 Å². The number of carboxylic acids is 1. The summed E-state index contributed by atoms with van der Waals surface area (Å²) in [6.07, 6.45) is 0. The summed E-state index contributed by atoms with van der Waals surface area (Å²) in [4.78, 5) is 12.9. The Morgan fingerprint density at radius 3 is 2.26 bits per heavy atom. The molecule has 1 N–H and O–H groups in total. The highest BCUT2D eigenvalue weighted by Crippen LogP contribution is 2.19. The number of hydrogen-bond donors (Lipinski definition) is 1. The number of benzene rings is 1. The second kappa shape index (κ2) is 6.57. The lowest BCUT2D eigenvalue weighted by Gasteiger charge is -2.34. The smallest absolute Gasteiger partial charge is 0.317 e. The molecular weight excluding hydrogens is 242 g/mol. The zero-order valence-corrected chi connectivity index (χ0v) is 12.1. The molecule has 19 heavy (non-hydrogen) atoms. The van der Waals surface area contributed by atoms with E-state index in [-0.39, 0.29) is 12.1 Å². The van der Waals surface area contributed by atoms with Crippen LogP contribution in [0.2, 0.25) is 0 Å². The second-order valence-electron chi connectivity index (χ2n) is 5.50. The third kappa shape index (κ3) is 5.30. The first-order chi connectivity index (χ1) is 8.82. The van der Waals surface area contributed by atoms with E-state index in [9.17, 15) is 4.79 Å². The largest absolute Gasteiger partial charge is 0.494 e. The van der Waals surface area contributed by atoms with Gasteiger partial charge >= 0.3 is 5.97 Å². The minimum Gasteiger partial charge on any atom is -0.494 e. The average Bonchev–Trinajstić information content (AvgIpc) is 2.29. The van der Waals surface area contributed by atoms with Crippen molar-refractivity contribution >= 4 is 5.97 Å². The molecule has 0 fully saturated rings. The molecule has 0 unspecified atom stereocenters. The minimum atomic E-state index is -0.805. The van der Waals surface area contributed by atoms with Crippen LogP contribution in [0.1, 0.15) is 33.3 Å². The lowest BCUT2D eigenvalue weighted by Crippen LogP contribution is -2.43. The molecule has 0 saturated heterocycles. The Balaban J connectivity index is 2.76. The van der Waals surface area contributed by atoms with E-state index >= 15 is 0 Å². The molecule has 0 spiro atoms. The summed E-state index contributed by atoms with van der Waals surface area (Å²) in [7, 11) is 0. The van der Waals surface area contributed by atoms with Gasteiger partial charge in [0.1, 0.15) is 5.75 Å². The summed E-state index contributed by atoms with van der Waals surface area (Å²) in [5.74, 6) is 0.0349. The van der Waals surface area contributed by atoms with Crippen molar-refractivity contribution in [1.82, 2.24) is 4.90 Å². The SMILES string of the molecule is CCOc1ccc(CN(CC(=O)O)C(C)(C)C)cc1. The number of nitrogens with zero attached hydrogens (tertiary/aromatic N) is 1. The van der Waals surface area contributed by atoms with E-state index in [0.29, 0.717) is 13.2 Å². The monoisotopic (exact) mass is 265 g/mol. The fraction of sp³-hybridized carbons (Fsp3) is 0.533. The quantitative estimate of drug-likeness (QED) is 0.859. The topological polar surface area (TPSA) is 49.8 Å². The first kappa shape index (κ1) is 15.5. The van der Waals surface area contributed by atoms with Gasteiger partial charge in [0.15, 0.2) is 0 Å². The van der Waals surface area contributed by atoms with Crippen LogP contribution in [0, 0.1) is 0 Å². The number of carbonyl (C=O) groups is 1. The van der Waals surface area contributed by atoms with Crippen LogP contribution in [-0.2, 0) is 11.3 Å². The first-order valence-corrected chi connectivity index (χ1v) is 6.51. The number of hydrogen-bond acceptors (Lipinski definition) is 3. The summed E-state index contributed by atoms with van der Waals surface area (Å²) in [6, 6.07) is 7.79. The Morgan fingerprint density at radius 1 is 1.26 bits per heavy atom. The molecule has 0 saturated carbocycles. The van der Waals surface area contributed by atoms with Crippen LogP contribution in [0.5, 0.6) is 5.75 Å². The van der Waals surface area contributed by atoms with Gasteiger partial charge in [0.2, 0.25) is 0 Å². The molecule has 106 valence electrons. The number of ether oxygens (including phenoxy) is 1. The van der Waals surface area contributed by atoms with E-state index in [2.05, 4.69) is 0 Å². The fourth-order valence-electron chi connectivity index (χ4n) is 1.77. The minimum absolute atomic E-state index is 0.0384. The molecule has 0 aliphatic carbocycles. The normalized spacial score (nSPS) is 11.6. The lowest BCUT2D eigenvalue weighted by molar-refractivity contribution is -0.139. The maximum Gasteiger partial charge on any atom is 0.317 e. The molecule has 0 aromatic heterocycles. The van der Waals surface area contributed by atoms with Gasteiger partial charge in [-0.05, 0) is 45.4 Å². The number of rotatable bonds is 6. The van der Waals surface area contributed by atoms with Crippen molar-refractivity contribution < 1.29 is 14.6 Å². The molecule has 0 atom stereocenters. The van der Waals surface area contributed by atoms with Gasteiger partial charge in [0, 0.05) is 12.1 Å². The molecular formula is C15H23NO3. The Labute approximate surface area is 115 Å². The van der Waals surface area contributed by atoms with E-state index in [0.717, 1.165) is 11.3 Å². The third-order valence-electron chi connectivity index (χ3n) is 2.88. The van der Waals surface area contributed by atoms with Gasteiger partial charge in [-0.1, -0.05) is 12.1 Å². The van der Waals surface area contributed by atoms with Crippen LogP contribution < -0.4 is 4.74 Å². The maximum atomic E-state index is 10.9. The van der Waals surface area contributed by atoms with Crippen LogP contribution in [0.3, 0.4) is 0 Å². The molecule has 1 aromatic carbocycles. The van der Waals surface area contributed by atoms with Crippen molar-refractivity contribution in [3.05, 3.63) is 29.8 Å². The predicted octanol–water partition coefficient (Wildman–Crippen LogP) is 2.77. The molecule has 1 aromatic rings. The Hall–Kier alpha value is -1.55. The summed E-state index contributed by atoms with van der Waals surface area (Å²) in [5, 5.41) is 8.98. The Kier molecular flexibility index (Phi) is 5.36. The highest BCUT2D eigenvalue weighted by molar-refractivity contribution is 5.69. The van der Waals surface area contributed by atoms with Gasteiger partial charge in [-0.15, -0.1) is 0 Å². The van der Waals surface area contributed by atoms with Crippen molar-refractivity contribution in [2.24, 2.45) is 0 Å². The van der Waals surface area contributed by atoms with E-state index in [1.54, 1.807) is 0 Å². The molecule has 4 heteroatoms. The molecule has 0 radical (unpaired) electrons. The molecule has 0 amide bonds. The fourth-order valence-corrected chi connectivity index (χ4v) is 1.77. The van der Waals surface area contributed by atoms with Crippen molar-refractivity contribution in [2.75, 3.05) is 13.2 Å². The lowest BCUT2D eigenvalue weighted by atomic mass is 10.0. The predicted molar refractivity (Wildman–Crippen MR) is 75.4 cm³/mol. The zero-order chi connectivity index (χ0) is 14.5. The number of carboxylic acid groups (broad SMARTS) is 1. The van der Waals surface area contributed by atoms with Crippen molar-refractivity contribution in [2.45, 2.75) is 39.8 Å². The first-order valence-electron chi connectivity index (χ1n) is 6.51. The van der Waals surface area contributed by atoms with Crippen molar-refractivity contribution in [1.29, 1.82) is 0 Å². The van der Waals surface area contributed by atoms with Crippen LogP contribution in [0.4, 0.5) is 0 Å². The van der Waals surface area contributed by atoms with Gasteiger partial charge in [-0.2, -0.15) is 0 Å². The summed E-state index contributed by atoms with van der Waals surface area (Å²) in [6.45, 7) is 9.30. The van der Waals surface area contributed by atoms with E-state index in [1.165, 1.54) is 0 Å². The zero-order valence-electron chi connectivity index (χ0n) is 12.1. The van der Waals surface area contributed by atoms with Crippen molar-refractivity contribution in [3.63, 3.8) is 0 Å².